The summed E-state index contributed by atoms with van der Waals surface area (Å²) in [6.07, 6.45) is 0.785. The van der Waals surface area contributed by atoms with E-state index in [0.717, 1.165) is 16.5 Å². The maximum absolute atomic E-state index is 13.3. The van der Waals surface area contributed by atoms with Crippen LogP contribution in [0.4, 0.5) is 4.39 Å². The zero-order valence-corrected chi connectivity index (χ0v) is 16.8. The van der Waals surface area contributed by atoms with E-state index in [1.165, 1.54) is 17.1 Å². The fourth-order valence-corrected chi connectivity index (χ4v) is 3.73. The molecule has 0 bridgehead atoms. The minimum absolute atomic E-state index is 0.113. The van der Waals surface area contributed by atoms with Gasteiger partial charge in [-0.25, -0.2) is 14.4 Å². The molecule has 0 unspecified atom stereocenters. The van der Waals surface area contributed by atoms with Gasteiger partial charge in [0.1, 0.15) is 16.7 Å². The molecule has 2 aromatic carbocycles. The Hall–Kier alpha value is -2.99. The molecule has 1 aliphatic heterocycles. The van der Waals surface area contributed by atoms with Crippen molar-refractivity contribution in [1.29, 1.82) is 0 Å². The zero-order chi connectivity index (χ0) is 20.5. The van der Waals surface area contributed by atoms with Crippen LogP contribution in [0.2, 0.25) is 5.15 Å². The van der Waals surface area contributed by atoms with E-state index in [2.05, 4.69) is 10.1 Å². The van der Waals surface area contributed by atoms with Gasteiger partial charge in [-0.1, -0.05) is 30.7 Å². The third kappa shape index (κ3) is 3.68. The molecule has 29 heavy (non-hydrogen) atoms. The van der Waals surface area contributed by atoms with Crippen molar-refractivity contribution in [3.63, 3.8) is 0 Å². The molecule has 2 heterocycles. The Kier molecular flexibility index (Phi) is 5.20. The SMILES string of the molecule is CCC(=O)N1N=C(c2ccc(F)cc2)C[C@@H]1c1cc2ccc(OC)cc2nc1Cl. The van der Waals surface area contributed by atoms with Gasteiger partial charge in [-0.15, -0.1) is 0 Å². The number of hydrogen-bond donors (Lipinski definition) is 0. The van der Waals surface area contributed by atoms with Crippen molar-refractivity contribution < 1.29 is 13.9 Å². The minimum Gasteiger partial charge on any atom is -0.497 e. The Morgan fingerprint density at radius 3 is 2.69 bits per heavy atom. The summed E-state index contributed by atoms with van der Waals surface area (Å²) >= 11 is 6.52. The third-order valence-corrected chi connectivity index (χ3v) is 5.31. The van der Waals surface area contributed by atoms with Gasteiger partial charge in [-0.3, -0.25) is 4.79 Å². The van der Waals surface area contributed by atoms with Crippen LogP contribution in [-0.4, -0.2) is 28.7 Å². The van der Waals surface area contributed by atoms with Crippen molar-refractivity contribution in [2.24, 2.45) is 5.10 Å². The van der Waals surface area contributed by atoms with E-state index in [-0.39, 0.29) is 17.8 Å². The molecule has 0 radical (unpaired) electrons. The van der Waals surface area contributed by atoms with E-state index in [1.807, 2.05) is 24.3 Å². The van der Waals surface area contributed by atoms with E-state index in [4.69, 9.17) is 16.3 Å². The number of rotatable bonds is 4. The van der Waals surface area contributed by atoms with E-state index < -0.39 is 0 Å². The second-order valence-corrected chi connectivity index (χ2v) is 7.15. The van der Waals surface area contributed by atoms with Crippen LogP contribution in [0, 0.1) is 5.82 Å². The molecule has 0 saturated heterocycles. The van der Waals surface area contributed by atoms with Gasteiger partial charge >= 0.3 is 0 Å². The van der Waals surface area contributed by atoms with Crippen molar-refractivity contribution in [3.05, 3.63) is 70.6 Å². The summed E-state index contributed by atoms with van der Waals surface area (Å²) in [5.41, 5.74) is 2.93. The van der Waals surface area contributed by atoms with Crippen LogP contribution in [0.1, 0.15) is 36.9 Å². The topological polar surface area (TPSA) is 54.8 Å². The maximum Gasteiger partial charge on any atom is 0.242 e. The molecule has 7 heteroatoms. The summed E-state index contributed by atoms with van der Waals surface area (Å²) in [7, 11) is 1.60. The molecule has 0 N–H and O–H groups in total. The Bertz CT molecular complexity index is 1110. The van der Waals surface area contributed by atoms with Gasteiger partial charge in [0.2, 0.25) is 5.91 Å². The summed E-state index contributed by atoms with van der Waals surface area (Å²) in [6, 6.07) is 13.2. The summed E-state index contributed by atoms with van der Waals surface area (Å²) in [6.45, 7) is 1.79. The predicted molar refractivity (Wildman–Crippen MR) is 111 cm³/mol. The van der Waals surface area contributed by atoms with Crippen molar-refractivity contribution in [3.8, 4) is 5.75 Å². The number of methoxy groups -OCH3 is 1. The first-order chi connectivity index (χ1) is 14.0. The van der Waals surface area contributed by atoms with E-state index in [0.29, 0.717) is 35.0 Å². The van der Waals surface area contributed by atoms with Crippen molar-refractivity contribution in [2.45, 2.75) is 25.8 Å². The molecule has 1 atom stereocenters. The highest BCUT2D eigenvalue weighted by atomic mass is 35.5. The number of aromatic nitrogens is 1. The molecule has 3 aromatic rings. The molecule has 0 fully saturated rings. The van der Waals surface area contributed by atoms with Gasteiger partial charge in [-0.05, 0) is 35.9 Å². The molecular weight excluding hydrogens is 393 g/mol. The number of benzene rings is 2. The lowest BCUT2D eigenvalue weighted by molar-refractivity contribution is -0.132. The van der Waals surface area contributed by atoms with Crippen LogP contribution < -0.4 is 4.74 Å². The lowest BCUT2D eigenvalue weighted by atomic mass is 9.98. The molecule has 0 aliphatic carbocycles. The van der Waals surface area contributed by atoms with Crippen LogP contribution in [0.15, 0.2) is 53.6 Å². The van der Waals surface area contributed by atoms with Gasteiger partial charge in [0, 0.05) is 29.9 Å². The lowest BCUT2D eigenvalue weighted by Crippen LogP contribution is -2.26. The highest BCUT2D eigenvalue weighted by Gasteiger charge is 2.34. The molecule has 1 amide bonds. The molecule has 1 aliphatic rings. The highest BCUT2D eigenvalue weighted by molar-refractivity contribution is 6.30. The number of carbonyl (C=O) groups excluding carboxylic acids is 1. The quantitative estimate of drug-likeness (QED) is 0.559. The smallest absolute Gasteiger partial charge is 0.242 e. The maximum atomic E-state index is 13.3. The monoisotopic (exact) mass is 411 g/mol. The molecule has 0 spiro atoms. The first-order valence-corrected chi connectivity index (χ1v) is 9.67. The van der Waals surface area contributed by atoms with Gasteiger partial charge < -0.3 is 4.74 Å². The fraction of sp³-hybridized carbons (Fsp3) is 0.227. The first kappa shape index (κ1) is 19.3. The molecular formula is C22H19ClFN3O2. The Balaban J connectivity index is 1.75. The molecule has 1 aromatic heterocycles. The number of carbonyl (C=O) groups is 1. The lowest BCUT2D eigenvalue weighted by Gasteiger charge is -2.22. The second-order valence-electron chi connectivity index (χ2n) is 6.79. The van der Waals surface area contributed by atoms with Gasteiger partial charge in [0.05, 0.1) is 24.4 Å². The standard InChI is InChI=1S/C22H19ClFN3O2/c1-3-21(28)27-20(12-19(26-27)13-4-7-15(24)8-5-13)17-10-14-6-9-16(29-2)11-18(14)25-22(17)23/h4-11,20H,3,12H2,1-2H3/t20-/m1/s1. The number of ether oxygens (including phenoxy) is 1. The Morgan fingerprint density at radius 1 is 1.24 bits per heavy atom. The van der Waals surface area contributed by atoms with Crippen LogP contribution >= 0.6 is 11.6 Å². The van der Waals surface area contributed by atoms with Crippen LogP contribution in [0.5, 0.6) is 5.75 Å². The summed E-state index contributed by atoms with van der Waals surface area (Å²) < 4.78 is 18.5. The average molecular weight is 412 g/mol. The zero-order valence-electron chi connectivity index (χ0n) is 16.0. The van der Waals surface area contributed by atoms with Gasteiger partial charge in [0.15, 0.2) is 0 Å². The summed E-state index contributed by atoms with van der Waals surface area (Å²) in [5, 5.41) is 7.22. The van der Waals surface area contributed by atoms with Crippen molar-refractivity contribution >= 4 is 34.1 Å². The summed E-state index contributed by atoms with van der Waals surface area (Å²) in [4.78, 5) is 17.1. The number of hydrazone groups is 1. The molecule has 148 valence electrons. The van der Waals surface area contributed by atoms with Gasteiger partial charge in [0.25, 0.3) is 0 Å². The number of pyridine rings is 1. The van der Waals surface area contributed by atoms with E-state index in [1.54, 1.807) is 26.2 Å². The van der Waals surface area contributed by atoms with E-state index in [9.17, 15) is 9.18 Å². The van der Waals surface area contributed by atoms with Crippen LogP contribution in [0.3, 0.4) is 0 Å². The minimum atomic E-state index is -0.367. The number of hydrogen-bond acceptors (Lipinski definition) is 4. The van der Waals surface area contributed by atoms with Gasteiger partial charge in [-0.2, -0.15) is 5.10 Å². The van der Waals surface area contributed by atoms with Crippen LogP contribution in [0.25, 0.3) is 10.9 Å². The summed E-state index contributed by atoms with van der Waals surface area (Å²) in [5.74, 6) is 0.264. The normalized spacial score (nSPS) is 16.2. The van der Waals surface area contributed by atoms with Crippen molar-refractivity contribution in [2.75, 3.05) is 7.11 Å². The van der Waals surface area contributed by atoms with Crippen molar-refractivity contribution in [1.82, 2.24) is 9.99 Å². The van der Waals surface area contributed by atoms with E-state index >= 15 is 0 Å². The van der Waals surface area contributed by atoms with Crippen LogP contribution in [-0.2, 0) is 4.79 Å². The molecule has 0 saturated carbocycles. The highest BCUT2D eigenvalue weighted by Crippen LogP contribution is 2.37. The fourth-order valence-electron chi connectivity index (χ4n) is 3.46. The average Bonchev–Trinajstić information content (AvgIpc) is 3.17. The Labute approximate surface area is 172 Å². The Morgan fingerprint density at radius 2 is 2.00 bits per heavy atom. The molecule has 5 nitrogen and oxygen atoms in total. The second kappa shape index (κ2) is 7.79. The molecule has 4 rings (SSSR count). The third-order valence-electron chi connectivity index (χ3n) is 5.01. The number of nitrogens with zero attached hydrogens (tertiary/aromatic N) is 3. The predicted octanol–water partition coefficient (Wildman–Crippen LogP) is 5.12. The first-order valence-electron chi connectivity index (χ1n) is 9.29. The number of halogens is 2. The number of amides is 1. The largest absolute Gasteiger partial charge is 0.497 e. The number of fused-ring (bicyclic) bond motifs is 1.